The molecule has 3 rings (SSSR count). The number of benzene rings is 1. The summed E-state index contributed by atoms with van der Waals surface area (Å²) in [4.78, 5) is 12.0. The number of aromatic nitrogens is 4. The van der Waals surface area contributed by atoms with Crippen molar-refractivity contribution in [3.63, 3.8) is 0 Å². The van der Waals surface area contributed by atoms with Gasteiger partial charge in [-0.15, -0.1) is 0 Å². The highest BCUT2D eigenvalue weighted by atomic mass is 19.4. The number of nitrogens with one attached hydrogen (secondary N) is 1. The predicted molar refractivity (Wildman–Crippen MR) is 93.0 cm³/mol. The van der Waals surface area contributed by atoms with E-state index in [1.54, 1.807) is 16.9 Å². The summed E-state index contributed by atoms with van der Waals surface area (Å²) >= 11 is 0. The zero-order valence-electron chi connectivity index (χ0n) is 14.6. The number of amides is 1. The molecule has 0 aliphatic rings. The largest absolute Gasteiger partial charge is 0.435 e. The molecular weight excluding hydrogens is 359 g/mol. The van der Waals surface area contributed by atoms with Crippen LogP contribution in [0.25, 0.3) is 0 Å². The van der Waals surface area contributed by atoms with Crippen molar-refractivity contribution in [1.82, 2.24) is 19.6 Å². The molecule has 9 heteroatoms. The maximum atomic E-state index is 12.7. The molecule has 3 aromatic rings. The third-order valence-electron chi connectivity index (χ3n) is 3.92. The molecule has 2 aromatic heterocycles. The fraction of sp³-hybridized carbons (Fsp3) is 0.278. The predicted octanol–water partition coefficient (Wildman–Crippen LogP) is 3.48. The summed E-state index contributed by atoms with van der Waals surface area (Å²) in [7, 11) is 0. The van der Waals surface area contributed by atoms with Gasteiger partial charge < -0.3 is 5.32 Å². The van der Waals surface area contributed by atoms with Gasteiger partial charge in [-0.2, -0.15) is 23.4 Å². The molecule has 1 amide bonds. The van der Waals surface area contributed by atoms with Crippen molar-refractivity contribution in [2.24, 2.45) is 0 Å². The number of aryl methyl sites for hydroxylation is 2. The number of carbonyl (C=O) groups excluding carboxylic acids is 1. The number of alkyl halides is 3. The number of anilines is 1. The fourth-order valence-electron chi connectivity index (χ4n) is 2.57. The maximum Gasteiger partial charge on any atom is 0.435 e. The van der Waals surface area contributed by atoms with Gasteiger partial charge in [-0.05, 0) is 18.6 Å². The molecule has 27 heavy (non-hydrogen) atoms. The number of rotatable bonds is 6. The summed E-state index contributed by atoms with van der Waals surface area (Å²) in [6.07, 6.45) is -2.76. The first kappa shape index (κ1) is 18.7. The average Bonchev–Trinajstić information content (AvgIpc) is 3.20. The number of hydrogen-bond donors (Lipinski definition) is 1. The molecule has 0 radical (unpaired) electrons. The number of nitrogens with zero attached hydrogens (tertiary/aromatic N) is 4. The lowest BCUT2D eigenvalue weighted by Gasteiger charge is -2.05. The van der Waals surface area contributed by atoms with Crippen LogP contribution in [-0.4, -0.2) is 25.5 Å². The molecular formula is C18H18F3N5O. The second-order valence-electron chi connectivity index (χ2n) is 6.07. The lowest BCUT2D eigenvalue weighted by Crippen LogP contribution is -2.16. The Labute approximate surface area is 153 Å². The SMILES string of the molecule is Cc1cc(C(F)(F)F)nn1CCC(=O)Nc1ccn(Cc2ccccc2)n1. The first-order chi connectivity index (χ1) is 12.8. The van der Waals surface area contributed by atoms with E-state index in [0.717, 1.165) is 11.6 Å². The van der Waals surface area contributed by atoms with Crippen LogP contribution in [0.3, 0.4) is 0 Å². The minimum Gasteiger partial charge on any atom is -0.309 e. The van der Waals surface area contributed by atoms with E-state index < -0.39 is 11.9 Å². The monoisotopic (exact) mass is 377 g/mol. The van der Waals surface area contributed by atoms with Crippen molar-refractivity contribution in [3.05, 3.63) is 65.6 Å². The van der Waals surface area contributed by atoms with Crippen LogP contribution in [0.5, 0.6) is 0 Å². The van der Waals surface area contributed by atoms with Crippen LogP contribution >= 0.6 is 0 Å². The summed E-state index contributed by atoms with van der Waals surface area (Å²) in [5.74, 6) is 0.0486. The average molecular weight is 377 g/mol. The van der Waals surface area contributed by atoms with Crippen molar-refractivity contribution in [2.75, 3.05) is 5.32 Å². The van der Waals surface area contributed by atoms with Crippen LogP contribution in [-0.2, 0) is 24.1 Å². The fourth-order valence-corrected chi connectivity index (χ4v) is 2.57. The zero-order valence-corrected chi connectivity index (χ0v) is 14.6. The minimum absolute atomic E-state index is 0.00857. The van der Waals surface area contributed by atoms with Crippen LogP contribution in [0.15, 0.2) is 48.7 Å². The Kier molecular flexibility index (Phi) is 5.29. The van der Waals surface area contributed by atoms with Crippen LogP contribution < -0.4 is 5.32 Å². The van der Waals surface area contributed by atoms with Crippen LogP contribution in [0, 0.1) is 6.92 Å². The van der Waals surface area contributed by atoms with Crippen molar-refractivity contribution in [2.45, 2.75) is 32.6 Å². The lowest BCUT2D eigenvalue weighted by atomic mass is 10.2. The highest BCUT2D eigenvalue weighted by Crippen LogP contribution is 2.28. The molecule has 0 bridgehead atoms. The molecule has 0 aliphatic heterocycles. The first-order valence-electron chi connectivity index (χ1n) is 8.30. The summed E-state index contributed by atoms with van der Waals surface area (Å²) in [5.41, 5.74) is 0.468. The van der Waals surface area contributed by atoms with Gasteiger partial charge in [-0.25, -0.2) is 0 Å². The van der Waals surface area contributed by atoms with E-state index in [-0.39, 0.29) is 18.9 Å². The maximum absolute atomic E-state index is 12.7. The van der Waals surface area contributed by atoms with Crippen LogP contribution in [0.1, 0.15) is 23.4 Å². The van der Waals surface area contributed by atoms with Gasteiger partial charge in [0.25, 0.3) is 0 Å². The second-order valence-corrected chi connectivity index (χ2v) is 6.07. The normalized spacial score (nSPS) is 11.6. The van der Waals surface area contributed by atoms with Gasteiger partial charge in [-0.1, -0.05) is 30.3 Å². The Morgan fingerprint density at radius 3 is 2.56 bits per heavy atom. The smallest absolute Gasteiger partial charge is 0.309 e. The van der Waals surface area contributed by atoms with E-state index in [9.17, 15) is 18.0 Å². The second kappa shape index (κ2) is 7.65. The van der Waals surface area contributed by atoms with E-state index in [1.807, 2.05) is 30.3 Å². The molecule has 1 aromatic carbocycles. The lowest BCUT2D eigenvalue weighted by molar-refractivity contribution is -0.141. The third-order valence-corrected chi connectivity index (χ3v) is 3.92. The van der Waals surface area contributed by atoms with Crippen molar-refractivity contribution in [3.8, 4) is 0 Å². The molecule has 6 nitrogen and oxygen atoms in total. The van der Waals surface area contributed by atoms with Gasteiger partial charge in [0.1, 0.15) is 0 Å². The summed E-state index contributed by atoms with van der Waals surface area (Å²) < 4.78 is 40.9. The molecule has 0 spiro atoms. The summed E-state index contributed by atoms with van der Waals surface area (Å²) in [6, 6.07) is 12.4. The number of carbonyl (C=O) groups is 1. The zero-order chi connectivity index (χ0) is 19.4. The first-order valence-corrected chi connectivity index (χ1v) is 8.30. The van der Waals surface area contributed by atoms with Gasteiger partial charge in [0, 0.05) is 30.9 Å². The Balaban J connectivity index is 1.54. The van der Waals surface area contributed by atoms with E-state index in [4.69, 9.17) is 0 Å². The molecule has 0 unspecified atom stereocenters. The summed E-state index contributed by atoms with van der Waals surface area (Å²) in [6.45, 7) is 2.15. The van der Waals surface area contributed by atoms with Gasteiger partial charge in [0.05, 0.1) is 6.54 Å². The standard InChI is InChI=1S/C18H18F3N5O/c1-13-11-15(18(19,20)21)23-26(13)10-8-17(27)22-16-7-9-25(24-16)12-14-5-3-2-4-6-14/h2-7,9,11H,8,10,12H2,1H3,(H,22,24,27). The Bertz CT molecular complexity index is 915. The molecule has 0 atom stereocenters. The molecule has 1 N–H and O–H groups in total. The Hall–Kier alpha value is -3.10. The quantitative estimate of drug-likeness (QED) is 0.715. The molecule has 2 heterocycles. The molecule has 142 valence electrons. The van der Waals surface area contributed by atoms with E-state index in [0.29, 0.717) is 18.1 Å². The third kappa shape index (κ3) is 4.96. The van der Waals surface area contributed by atoms with Crippen molar-refractivity contribution >= 4 is 11.7 Å². The minimum atomic E-state index is -4.50. The van der Waals surface area contributed by atoms with E-state index in [1.165, 1.54) is 11.6 Å². The van der Waals surface area contributed by atoms with Gasteiger partial charge in [0.2, 0.25) is 5.91 Å². The van der Waals surface area contributed by atoms with Crippen LogP contribution in [0.2, 0.25) is 0 Å². The Morgan fingerprint density at radius 1 is 1.15 bits per heavy atom. The highest BCUT2D eigenvalue weighted by molar-refractivity contribution is 5.89. The van der Waals surface area contributed by atoms with E-state index >= 15 is 0 Å². The van der Waals surface area contributed by atoms with Crippen molar-refractivity contribution in [1.29, 1.82) is 0 Å². The van der Waals surface area contributed by atoms with E-state index in [2.05, 4.69) is 15.5 Å². The molecule has 0 fully saturated rings. The number of halogens is 3. The van der Waals surface area contributed by atoms with Gasteiger partial charge in [-0.3, -0.25) is 14.2 Å². The van der Waals surface area contributed by atoms with Gasteiger partial charge >= 0.3 is 6.18 Å². The number of hydrogen-bond acceptors (Lipinski definition) is 3. The summed E-state index contributed by atoms with van der Waals surface area (Å²) in [5, 5.41) is 10.4. The van der Waals surface area contributed by atoms with Gasteiger partial charge in [0.15, 0.2) is 11.5 Å². The molecule has 0 aliphatic carbocycles. The molecule has 0 saturated carbocycles. The Morgan fingerprint density at radius 2 is 1.89 bits per heavy atom. The topological polar surface area (TPSA) is 64.7 Å². The van der Waals surface area contributed by atoms with Crippen molar-refractivity contribution < 1.29 is 18.0 Å². The highest BCUT2D eigenvalue weighted by Gasteiger charge is 2.34. The molecule has 0 saturated heterocycles. The van der Waals surface area contributed by atoms with Crippen LogP contribution in [0.4, 0.5) is 19.0 Å².